The first kappa shape index (κ1) is 18.2. The molecule has 2 aliphatic rings. The molecule has 0 saturated carbocycles. The van der Waals surface area contributed by atoms with Gasteiger partial charge < -0.3 is 10.2 Å². The van der Waals surface area contributed by atoms with Crippen molar-refractivity contribution in [2.24, 2.45) is 11.8 Å². The molecule has 2 aliphatic heterocycles. The Morgan fingerprint density at radius 2 is 2.00 bits per heavy atom. The van der Waals surface area contributed by atoms with Crippen LogP contribution in [0.1, 0.15) is 42.4 Å². The first-order chi connectivity index (χ1) is 13.5. The second-order valence-corrected chi connectivity index (χ2v) is 7.81. The number of H-pyrrole nitrogens is 1. The Morgan fingerprint density at radius 3 is 2.68 bits per heavy atom. The Balaban J connectivity index is 1.81. The standard InChI is InChI=1S/C21H23N5O2/c1-12-6-8-26(9-7-12)21-24-18-17(20(28)25-21)16(15(11-22)19(27)23-18)14-5-3-4-13(2)10-14/h3-5,10,12,15-16H,6-9H2,1-2H3,(H2,23,24,25,27,28)/t15-,16-/m0/s1. The number of benzene rings is 1. The number of rotatable bonds is 2. The van der Waals surface area contributed by atoms with Gasteiger partial charge in [-0.25, -0.2) is 0 Å². The maximum absolute atomic E-state index is 13.0. The predicted molar refractivity (Wildman–Crippen MR) is 106 cm³/mol. The highest BCUT2D eigenvalue weighted by atomic mass is 16.2. The van der Waals surface area contributed by atoms with Gasteiger partial charge in [0.1, 0.15) is 11.7 Å². The number of piperidine rings is 1. The van der Waals surface area contributed by atoms with E-state index in [2.05, 4.69) is 28.3 Å². The van der Waals surface area contributed by atoms with E-state index >= 15 is 0 Å². The number of anilines is 2. The largest absolute Gasteiger partial charge is 0.342 e. The summed E-state index contributed by atoms with van der Waals surface area (Å²) in [7, 11) is 0. The number of nitrogens with zero attached hydrogens (tertiary/aromatic N) is 3. The van der Waals surface area contributed by atoms with Crippen LogP contribution >= 0.6 is 0 Å². The minimum Gasteiger partial charge on any atom is -0.342 e. The average molecular weight is 377 g/mol. The lowest BCUT2D eigenvalue weighted by atomic mass is 9.79. The van der Waals surface area contributed by atoms with E-state index in [1.807, 2.05) is 36.1 Å². The van der Waals surface area contributed by atoms with Gasteiger partial charge in [0.2, 0.25) is 11.9 Å². The summed E-state index contributed by atoms with van der Waals surface area (Å²) in [6.07, 6.45) is 2.07. The molecule has 1 amide bonds. The van der Waals surface area contributed by atoms with Gasteiger partial charge in [0, 0.05) is 19.0 Å². The molecule has 3 heterocycles. The Kier molecular flexibility index (Phi) is 4.63. The van der Waals surface area contributed by atoms with Gasteiger partial charge in [-0.3, -0.25) is 14.6 Å². The molecule has 0 bridgehead atoms. The van der Waals surface area contributed by atoms with Crippen molar-refractivity contribution in [2.75, 3.05) is 23.3 Å². The van der Waals surface area contributed by atoms with Crippen molar-refractivity contribution in [1.29, 1.82) is 5.26 Å². The maximum Gasteiger partial charge on any atom is 0.258 e. The third-order valence-corrected chi connectivity index (χ3v) is 5.73. The highest BCUT2D eigenvalue weighted by Crippen LogP contribution is 2.38. The van der Waals surface area contributed by atoms with Crippen LogP contribution in [0.5, 0.6) is 0 Å². The molecule has 0 spiro atoms. The number of amides is 1. The van der Waals surface area contributed by atoms with Gasteiger partial charge >= 0.3 is 0 Å². The zero-order chi connectivity index (χ0) is 19.8. The predicted octanol–water partition coefficient (Wildman–Crippen LogP) is 2.54. The molecule has 7 heteroatoms. The smallest absolute Gasteiger partial charge is 0.258 e. The number of nitrogens with one attached hydrogen (secondary N) is 2. The Labute approximate surface area is 163 Å². The van der Waals surface area contributed by atoms with E-state index < -0.39 is 17.7 Å². The van der Waals surface area contributed by atoms with Crippen molar-refractivity contribution >= 4 is 17.7 Å². The van der Waals surface area contributed by atoms with Gasteiger partial charge in [0.15, 0.2) is 0 Å². The van der Waals surface area contributed by atoms with Crippen molar-refractivity contribution in [3.05, 3.63) is 51.3 Å². The summed E-state index contributed by atoms with van der Waals surface area (Å²) in [5, 5.41) is 12.3. The number of hydrogen-bond acceptors (Lipinski definition) is 5. The molecule has 2 aromatic rings. The van der Waals surface area contributed by atoms with Crippen molar-refractivity contribution in [3.63, 3.8) is 0 Å². The Morgan fingerprint density at radius 1 is 1.25 bits per heavy atom. The summed E-state index contributed by atoms with van der Waals surface area (Å²) in [5.74, 6) is -0.630. The Bertz CT molecular complexity index is 1010. The van der Waals surface area contributed by atoms with Crippen LogP contribution < -0.4 is 15.8 Å². The summed E-state index contributed by atoms with van der Waals surface area (Å²) in [5.41, 5.74) is 1.83. The number of aryl methyl sites for hydroxylation is 1. The fourth-order valence-electron chi connectivity index (χ4n) is 4.09. The second kappa shape index (κ2) is 7.12. The third kappa shape index (κ3) is 3.15. The highest BCUT2D eigenvalue weighted by Gasteiger charge is 2.40. The molecular formula is C21H23N5O2. The van der Waals surface area contributed by atoms with E-state index in [1.165, 1.54) is 0 Å². The topological polar surface area (TPSA) is 102 Å². The van der Waals surface area contributed by atoms with Crippen LogP contribution in [0.25, 0.3) is 0 Å². The molecule has 4 rings (SSSR count). The molecule has 1 saturated heterocycles. The summed E-state index contributed by atoms with van der Waals surface area (Å²) in [6, 6.07) is 9.65. The van der Waals surface area contributed by atoms with Crippen LogP contribution in [0.2, 0.25) is 0 Å². The zero-order valence-corrected chi connectivity index (χ0v) is 16.0. The lowest BCUT2D eigenvalue weighted by Gasteiger charge is -2.33. The van der Waals surface area contributed by atoms with Gasteiger partial charge in [-0.05, 0) is 31.2 Å². The number of carbonyl (C=O) groups is 1. The van der Waals surface area contributed by atoms with Gasteiger partial charge in [0.05, 0.1) is 11.6 Å². The molecule has 28 heavy (non-hydrogen) atoms. The highest BCUT2D eigenvalue weighted by molar-refractivity contribution is 5.98. The number of aromatic amines is 1. The van der Waals surface area contributed by atoms with Gasteiger partial charge in [-0.1, -0.05) is 36.8 Å². The molecular weight excluding hydrogens is 354 g/mol. The SMILES string of the molecule is Cc1cccc([C@@H]2c3c(nc(N4CCC(C)CC4)[nH]c3=O)NC(=O)[C@H]2C#N)c1. The van der Waals surface area contributed by atoms with Crippen LogP contribution in [-0.4, -0.2) is 29.0 Å². The van der Waals surface area contributed by atoms with Gasteiger partial charge in [0.25, 0.3) is 5.56 Å². The van der Waals surface area contributed by atoms with E-state index in [1.54, 1.807) is 0 Å². The molecule has 0 aliphatic carbocycles. The molecule has 0 radical (unpaired) electrons. The number of fused-ring (bicyclic) bond motifs is 1. The first-order valence-corrected chi connectivity index (χ1v) is 9.64. The van der Waals surface area contributed by atoms with E-state index in [9.17, 15) is 14.9 Å². The van der Waals surface area contributed by atoms with Crippen molar-refractivity contribution < 1.29 is 4.79 Å². The summed E-state index contributed by atoms with van der Waals surface area (Å²) in [6.45, 7) is 5.80. The van der Waals surface area contributed by atoms with Crippen LogP contribution in [0, 0.1) is 30.1 Å². The number of hydrogen-bond donors (Lipinski definition) is 2. The average Bonchev–Trinajstić information content (AvgIpc) is 2.67. The van der Waals surface area contributed by atoms with Crippen molar-refractivity contribution in [1.82, 2.24) is 9.97 Å². The molecule has 7 nitrogen and oxygen atoms in total. The molecule has 2 atom stereocenters. The molecule has 2 N–H and O–H groups in total. The van der Waals surface area contributed by atoms with Gasteiger partial charge in [-0.15, -0.1) is 0 Å². The molecule has 144 valence electrons. The van der Waals surface area contributed by atoms with E-state index in [0.29, 0.717) is 17.4 Å². The quantitative estimate of drug-likeness (QED) is 0.837. The van der Waals surface area contributed by atoms with Gasteiger partial charge in [-0.2, -0.15) is 10.2 Å². The van der Waals surface area contributed by atoms with Crippen LogP contribution in [-0.2, 0) is 4.79 Å². The molecule has 0 unspecified atom stereocenters. The third-order valence-electron chi connectivity index (χ3n) is 5.73. The minimum absolute atomic E-state index is 0.264. The lowest BCUT2D eigenvalue weighted by Crippen LogP contribution is -2.40. The summed E-state index contributed by atoms with van der Waals surface area (Å²) >= 11 is 0. The van der Waals surface area contributed by atoms with E-state index in [-0.39, 0.29) is 11.4 Å². The fraction of sp³-hybridized carbons (Fsp3) is 0.429. The second-order valence-electron chi connectivity index (χ2n) is 7.81. The van der Waals surface area contributed by atoms with Crippen molar-refractivity contribution in [3.8, 4) is 6.07 Å². The van der Waals surface area contributed by atoms with Crippen LogP contribution in [0.4, 0.5) is 11.8 Å². The van der Waals surface area contributed by atoms with E-state index in [0.717, 1.165) is 37.1 Å². The lowest BCUT2D eigenvalue weighted by molar-refractivity contribution is -0.119. The molecule has 1 aromatic heterocycles. The number of nitriles is 1. The van der Waals surface area contributed by atoms with E-state index in [4.69, 9.17) is 0 Å². The summed E-state index contributed by atoms with van der Waals surface area (Å²) < 4.78 is 0. The number of aromatic nitrogens is 2. The minimum atomic E-state index is -0.973. The monoisotopic (exact) mass is 377 g/mol. The summed E-state index contributed by atoms with van der Waals surface area (Å²) in [4.78, 5) is 35.2. The zero-order valence-electron chi connectivity index (χ0n) is 16.0. The normalized spacial score (nSPS) is 22.3. The van der Waals surface area contributed by atoms with Crippen LogP contribution in [0.3, 0.4) is 0 Å². The van der Waals surface area contributed by atoms with Crippen LogP contribution in [0.15, 0.2) is 29.1 Å². The van der Waals surface area contributed by atoms with Crippen molar-refractivity contribution in [2.45, 2.75) is 32.6 Å². The first-order valence-electron chi connectivity index (χ1n) is 9.64. The molecule has 1 fully saturated rings. The molecule has 1 aromatic carbocycles. The fourth-order valence-corrected chi connectivity index (χ4v) is 4.09. The number of carbonyl (C=O) groups excluding carboxylic acids is 1. The Hall–Kier alpha value is -3.14. The maximum atomic E-state index is 13.0.